The smallest absolute Gasteiger partial charge is 0.325 e. The van der Waals surface area contributed by atoms with Crippen LogP contribution in [0.4, 0.5) is 0 Å². The highest BCUT2D eigenvalue weighted by molar-refractivity contribution is 5.80. The van der Waals surface area contributed by atoms with Gasteiger partial charge in [-0.2, -0.15) is 0 Å². The van der Waals surface area contributed by atoms with Crippen LogP contribution in [0.15, 0.2) is 0 Å². The van der Waals surface area contributed by atoms with Gasteiger partial charge in [-0.25, -0.2) is 0 Å². The minimum atomic E-state index is -0.566. The lowest BCUT2D eigenvalue weighted by Gasteiger charge is -2.29. The molecule has 20 heavy (non-hydrogen) atoms. The number of nitrogens with zero attached hydrogens (tertiary/aromatic N) is 1. The van der Waals surface area contributed by atoms with E-state index in [2.05, 4.69) is 17.1 Å². The predicted molar refractivity (Wildman–Crippen MR) is 82.8 cm³/mol. The fourth-order valence-corrected chi connectivity index (χ4v) is 3.08. The maximum Gasteiger partial charge on any atom is 0.325 e. The molecule has 0 aromatic carbocycles. The van der Waals surface area contributed by atoms with Crippen LogP contribution in [0.1, 0.15) is 52.4 Å². The molecule has 2 atom stereocenters. The maximum absolute atomic E-state index is 11.8. The molecule has 4 nitrogen and oxygen atoms in total. The van der Waals surface area contributed by atoms with Crippen molar-refractivity contribution in [3.05, 3.63) is 0 Å². The van der Waals surface area contributed by atoms with Gasteiger partial charge in [-0.1, -0.05) is 19.8 Å². The molecule has 0 saturated carbocycles. The van der Waals surface area contributed by atoms with Crippen molar-refractivity contribution in [2.24, 2.45) is 5.92 Å². The summed E-state index contributed by atoms with van der Waals surface area (Å²) >= 11 is 0. The van der Waals surface area contributed by atoms with E-state index in [4.69, 9.17) is 4.74 Å². The van der Waals surface area contributed by atoms with Gasteiger partial charge < -0.3 is 15.0 Å². The van der Waals surface area contributed by atoms with Crippen LogP contribution in [-0.4, -0.2) is 50.2 Å². The zero-order valence-corrected chi connectivity index (χ0v) is 13.7. The van der Waals surface area contributed by atoms with Crippen molar-refractivity contribution in [2.75, 3.05) is 33.8 Å². The van der Waals surface area contributed by atoms with E-state index in [0.717, 1.165) is 18.9 Å². The second kappa shape index (κ2) is 8.63. The third-order valence-corrected chi connectivity index (χ3v) is 4.75. The maximum atomic E-state index is 11.8. The molecule has 0 aromatic heterocycles. The van der Waals surface area contributed by atoms with Gasteiger partial charge in [0.2, 0.25) is 0 Å². The number of methoxy groups -OCH3 is 1. The van der Waals surface area contributed by atoms with E-state index in [1.54, 1.807) is 0 Å². The van der Waals surface area contributed by atoms with Crippen molar-refractivity contribution >= 4 is 5.97 Å². The minimum absolute atomic E-state index is 0.168. The summed E-state index contributed by atoms with van der Waals surface area (Å²) in [4.78, 5) is 14.3. The Labute approximate surface area is 124 Å². The van der Waals surface area contributed by atoms with Crippen molar-refractivity contribution < 1.29 is 9.53 Å². The summed E-state index contributed by atoms with van der Waals surface area (Å²) in [5, 5.41) is 3.11. The molecule has 1 heterocycles. The average molecular weight is 284 g/mol. The molecule has 1 aliphatic rings. The van der Waals surface area contributed by atoms with E-state index in [1.807, 2.05) is 14.0 Å². The van der Waals surface area contributed by atoms with Crippen molar-refractivity contribution in [1.29, 1.82) is 0 Å². The van der Waals surface area contributed by atoms with Crippen LogP contribution in [0.25, 0.3) is 0 Å². The second-order valence-electron chi connectivity index (χ2n) is 6.25. The lowest BCUT2D eigenvalue weighted by atomic mass is 9.96. The van der Waals surface area contributed by atoms with Crippen molar-refractivity contribution in [1.82, 2.24) is 10.2 Å². The van der Waals surface area contributed by atoms with Gasteiger partial charge in [0.25, 0.3) is 0 Å². The van der Waals surface area contributed by atoms with Crippen LogP contribution < -0.4 is 5.32 Å². The Bertz CT molecular complexity index is 296. The Kier molecular flexibility index (Phi) is 7.52. The number of likely N-dealkylation sites (N-methyl/N-ethyl adjacent to an activating group) is 1. The lowest BCUT2D eigenvalue weighted by Crippen LogP contribution is -2.50. The zero-order valence-electron chi connectivity index (χ0n) is 13.7. The van der Waals surface area contributed by atoms with E-state index in [0.29, 0.717) is 0 Å². The zero-order chi connectivity index (χ0) is 15.0. The first-order valence-electron chi connectivity index (χ1n) is 8.05. The largest absolute Gasteiger partial charge is 0.468 e. The summed E-state index contributed by atoms with van der Waals surface area (Å²) < 4.78 is 4.90. The van der Waals surface area contributed by atoms with Crippen molar-refractivity contribution in [3.63, 3.8) is 0 Å². The minimum Gasteiger partial charge on any atom is -0.468 e. The quantitative estimate of drug-likeness (QED) is 0.729. The molecule has 1 aliphatic heterocycles. The first kappa shape index (κ1) is 17.4. The van der Waals surface area contributed by atoms with Gasteiger partial charge in [0.1, 0.15) is 5.54 Å². The van der Waals surface area contributed by atoms with Crippen molar-refractivity contribution in [3.8, 4) is 0 Å². The number of carbonyl (C=O) groups excluding carboxylic acids is 1. The summed E-state index contributed by atoms with van der Waals surface area (Å²) in [5.74, 6) is 0.736. The van der Waals surface area contributed by atoms with Gasteiger partial charge in [0.15, 0.2) is 0 Å². The molecule has 118 valence electrons. The highest BCUT2D eigenvalue weighted by atomic mass is 16.5. The Morgan fingerprint density at radius 2 is 2.15 bits per heavy atom. The summed E-state index contributed by atoms with van der Waals surface area (Å²) in [6, 6.07) is 0. The van der Waals surface area contributed by atoms with E-state index < -0.39 is 5.54 Å². The summed E-state index contributed by atoms with van der Waals surface area (Å²) in [6.45, 7) is 7.51. The molecule has 0 spiro atoms. The van der Waals surface area contributed by atoms with Crippen LogP contribution in [0.5, 0.6) is 0 Å². The van der Waals surface area contributed by atoms with Gasteiger partial charge in [0.05, 0.1) is 7.11 Å². The molecule has 1 rings (SSSR count). The number of nitrogens with one attached hydrogen (secondary N) is 1. The Morgan fingerprint density at radius 1 is 1.40 bits per heavy atom. The molecule has 0 aromatic rings. The average Bonchev–Trinajstić information content (AvgIpc) is 2.69. The van der Waals surface area contributed by atoms with Crippen LogP contribution in [0.3, 0.4) is 0 Å². The molecule has 1 saturated heterocycles. The fourth-order valence-electron chi connectivity index (χ4n) is 3.08. The monoisotopic (exact) mass is 284 g/mol. The molecular formula is C16H32N2O2. The Balaban J connectivity index is 2.42. The van der Waals surface area contributed by atoms with E-state index in [9.17, 15) is 4.79 Å². The summed E-state index contributed by atoms with van der Waals surface area (Å²) in [5.41, 5.74) is -0.566. The molecule has 0 bridgehead atoms. The molecule has 0 aliphatic carbocycles. The SMILES string of the molecule is CCCC1CCCN(CCC(C)(NC)C(=O)OC)CC1. The number of carbonyl (C=O) groups is 1. The second-order valence-corrected chi connectivity index (χ2v) is 6.25. The third kappa shape index (κ3) is 5.06. The number of hydrogen-bond donors (Lipinski definition) is 1. The summed E-state index contributed by atoms with van der Waals surface area (Å²) in [7, 11) is 3.29. The number of likely N-dealkylation sites (tertiary alicyclic amines) is 1. The first-order chi connectivity index (χ1) is 9.55. The number of esters is 1. The third-order valence-electron chi connectivity index (χ3n) is 4.75. The lowest BCUT2D eigenvalue weighted by molar-refractivity contribution is -0.148. The Hall–Kier alpha value is -0.610. The highest BCUT2D eigenvalue weighted by Crippen LogP contribution is 2.22. The van der Waals surface area contributed by atoms with Crippen molar-refractivity contribution in [2.45, 2.75) is 57.9 Å². The van der Waals surface area contributed by atoms with Crippen LogP contribution >= 0.6 is 0 Å². The van der Waals surface area contributed by atoms with Crippen LogP contribution in [-0.2, 0) is 9.53 Å². The van der Waals surface area contributed by atoms with Gasteiger partial charge >= 0.3 is 5.97 Å². The highest BCUT2D eigenvalue weighted by Gasteiger charge is 2.32. The number of hydrogen-bond acceptors (Lipinski definition) is 4. The summed E-state index contributed by atoms with van der Waals surface area (Å²) in [6.07, 6.45) is 7.43. The molecule has 1 N–H and O–H groups in total. The van der Waals surface area contributed by atoms with Gasteiger partial charge in [0, 0.05) is 6.54 Å². The van der Waals surface area contributed by atoms with E-state index in [1.165, 1.54) is 52.3 Å². The molecule has 4 heteroatoms. The predicted octanol–water partition coefficient (Wildman–Crippen LogP) is 2.43. The van der Waals surface area contributed by atoms with Crippen LogP contribution in [0.2, 0.25) is 0 Å². The fraction of sp³-hybridized carbons (Fsp3) is 0.938. The van der Waals surface area contributed by atoms with Gasteiger partial charge in [-0.15, -0.1) is 0 Å². The number of ether oxygens (including phenoxy) is 1. The topological polar surface area (TPSA) is 41.6 Å². The Morgan fingerprint density at radius 3 is 2.75 bits per heavy atom. The molecule has 0 amide bonds. The van der Waals surface area contributed by atoms with Crippen LogP contribution in [0, 0.1) is 5.92 Å². The standard InChI is InChI=1S/C16H32N2O2/c1-5-7-14-8-6-11-18(12-9-14)13-10-16(2,17-3)15(19)20-4/h14,17H,5-13H2,1-4H3. The normalized spacial score (nSPS) is 23.9. The van der Waals surface area contributed by atoms with E-state index in [-0.39, 0.29) is 5.97 Å². The van der Waals surface area contributed by atoms with E-state index >= 15 is 0 Å². The number of rotatable bonds is 7. The van der Waals surface area contributed by atoms with Gasteiger partial charge in [-0.3, -0.25) is 4.79 Å². The molecule has 2 unspecified atom stereocenters. The molecule has 1 fully saturated rings. The van der Waals surface area contributed by atoms with Gasteiger partial charge in [-0.05, 0) is 58.7 Å². The first-order valence-corrected chi connectivity index (χ1v) is 8.05. The molecule has 0 radical (unpaired) electrons. The molecular weight excluding hydrogens is 252 g/mol.